The lowest BCUT2D eigenvalue weighted by Gasteiger charge is -2.43. The van der Waals surface area contributed by atoms with E-state index < -0.39 is 0 Å². The molecule has 0 amide bonds. The molecule has 0 bridgehead atoms. The van der Waals surface area contributed by atoms with Gasteiger partial charge in [0.25, 0.3) is 0 Å². The van der Waals surface area contributed by atoms with Gasteiger partial charge in [-0.3, -0.25) is 0 Å². The van der Waals surface area contributed by atoms with Crippen LogP contribution in [0.3, 0.4) is 0 Å². The molecule has 0 N–H and O–H groups in total. The van der Waals surface area contributed by atoms with Crippen molar-refractivity contribution in [1.82, 2.24) is 0 Å². The minimum Gasteiger partial charge on any atom is -0.384 e. The van der Waals surface area contributed by atoms with Gasteiger partial charge in [0.05, 0.1) is 13.2 Å². The van der Waals surface area contributed by atoms with E-state index in [1.165, 1.54) is 19.3 Å². The van der Waals surface area contributed by atoms with Crippen LogP contribution in [0.5, 0.6) is 0 Å². The maximum atomic E-state index is 5.47. The minimum absolute atomic E-state index is 0.175. The standard InChI is InChI=1S/C14H30O2/c1-7-9-13(4)14(10-15-5,11-16-6)12(3)8-2/h12-13H,7-11H2,1-6H3. The molecule has 0 heterocycles. The van der Waals surface area contributed by atoms with E-state index in [4.69, 9.17) is 9.47 Å². The Morgan fingerprint density at radius 1 is 0.938 bits per heavy atom. The summed E-state index contributed by atoms with van der Waals surface area (Å²) in [4.78, 5) is 0. The summed E-state index contributed by atoms with van der Waals surface area (Å²) in [6.07, 6.45) is 3.66. The summed E-state index contributed by atoms with van der Waals surface area (Å²) in [5, 5.41) is 0. The predicted octanol–water partition coefficient (Wildman–Crippen LogP) is 3.75. The molecular formula is C14H30O2. The van der Waals surface area contributed by atoms with E-state index >= 15 is 0 Å². The Labute approximate surface area is 102 Å². The summed E-state index contributed by atoms with van der Waals surface area (Å²) in [7, 11) is 3.59. The lowest BCUT2D eigenvalue weighted by Crippen LogP contribution is -2.43. The van der Waals surface area contributed by atoms with Crippen LogP contribution in [0.2, 0.25) is 0 Å². The smallest absolute Gasteiger partial charge is 0.0545 e. The first-order valence-electron chi connectivity index (χ1n) is 6.56. The van der Waals surface area contributed by atoms with Crippen molar-refractivity contribution in [3.63, 3.8) is 0 Å². The molecule has 0 aliphatic carbocycles. The Morgan fingerprint density at radius 3 is 1.75 bits per heavy atom. The molecule has 2 unspecified atom stereocenters. The molecule has 0 saturated heterocycles. The van der Waals surface area contributed by atoms with Crippen LogP contribution in [0.25, 0.3) is 0 Å². The van der Waals surface area contributed by atoms with Crippen LogP contribution in [0.1, 0.15) is 47.0 Å². The molecule has 0 aromatic carbocycles. The molecule has 0 aliphatic rings. The van der Waals surface area contributed by atoms with Gasteiger partial charge in [0.15, 0.2) is 0 Å². The van der Waals surface area contributed by atoms with E-state index in [0.29, 0.717) is 11.8 Å². The fourth-order valence-corrected chi connectivity index (χ4v) is 2.76. The van der Waals surface area contributed by atoms with Gasteiger partial charge in [0.2, 0.25) is 0 Å². The lowest BCUT2D eigenvalue weighted by molar-refractivity contribution is -0.0642. The molecule has 0 aliphatic heterocycles. The third kappa shape index (κ3) is 3.74. The second-order valence-corrected chi connectivity index (χ2v) is 5.10. The van der Waals surface area contributed by atoms with E-state index in [-0.39, 0.29) is 5.41 Å². The lowest BCUT2D eigenvalue weighted by atomic mass is 9.66. The molecule has 2 nitrogen and oxygen atoms in total. The zero-order valence-electron chi connectivity index (χ0n) is 12.0. The number of ether oxygens (including phenoxy) is 2. The quantitative estimate of drug-likeness (QED) is 0.600. The van der Waals surface area contributed by atoms with E-state index in [1.54, 1.807) is 14.2 Å². The predicted molar refractivity (Wildman–Crippen MR) is 69.7 cm³/mol. The van der Waals surface area contributed by atoms with Crippen molar-refractivity contribution in [3.8, 4) is 0 Å². The number of rotatable bonds is 9. The van der Waals surface area contributed by atoms with Gasteiger partial charge in [-0.2, -0.15) is 0 Å². The second kappa shape index (κ2) is 8.08. The van der Waals surface area contributed by atoms with Crippen LogP contribution in [-0.2, 0) is 9.47 Å². The van der Waals surface area contributed by atoms with Crippen molar-refractivity contribution in [3.05, 3.63) is 0 Å². The second-order valence-electron chi connectivity index (χ2n) is 5.10. The van der Waals surface area contributed by atoms with Crippen LogP contribution >= 0.6 is 0 Å². The maximum Gasteiger partial charge on any atom is 0.0545 e. The third-order valence-electron chi connectivity index (χ3n) is 4.12. The molecule has 0 spiro atoms. The highest BCUT2D eigenvalue weighted by molar-refractivity contribution is 4.88. The van der Waals surface area contributed by atoms with Crippen LogP contribution in [-0.4, -0.2) is 27.4 Å². The van der Waals surface area contributed by atoms with E-state index in [2.05, 4.69) is 27.7 Å². The first-order valence-corrected chi connectivity index (χ1v) is 6.56. The van der Waals surface area contributed by atoms with Gasteiger partial charge in [0.1, 0.15) is 0 Å². The SMILES string of the molecule is CCCC(C)C(COC)(COC)C(C)CC. The van der Waals surface area contributed by atoms with E-state index in [0.717, 1.165) is 13.2 Å². The summed E-state index contributed by atoms with van der Waals surface area (Å²) in [6, 6.07) is 0. The highest BCUT2D eigenvalue weighted by atomic mass is 16.5. The third-order valence-corrected chi connectivity index (χ3v) is 4.12. The Morgan fingerprint density at radius 2 is 1.44 bits per heavy atom. The number of methoxy groups -OCH3 is 2. The zero-order valence-corrected chi connectivity index (χ0v) is 12.0. The topological polar surface area (TPSA) is 18.5 Å². The monoisotopic (exact) mass is 230 g/mol. The number of hydrogen-bond acceptors (Lipinski definition) is 2. The number of hydrogen-bond donors (Lipinski definition) is 0. The Bertz CT molecular complexity index is 162. The van der Waals surface area contributed by atoms with Crippen molar-refractivity contribution in [2.75, 3.05) is 27.4 Å². The summed E-state index contributed by atoms with van der Waals surface area (Å²) in [5.41, 5.74) is 0.175. The van der Waals surface area contributed by atoms with Gasteiger partial charge in [-0.25, -0.2) is 0 Å². The molecule has 0 aromatic rings. The first-order chi connectivity index (χ1) is 7.58. The summed E-state index contributed by atoms with van der Waals surface area (Å²) < 4.78 is 10.9. The Hall–Kier alpha value is -0.0800. The summed E-state index contributed by atoms with van der Waals surface area (Å²) >= 11 is 0. The molecule has 0 aromatic heterocycles. The average molecular weight is 230 g/mol. The zero-order chi connectivity index (χ0) is 12.6. The molecule has 2 atom stereocenters. The normalized spacial score (nSPS) is 16.1. The Kier molecular flexibility index (Phi) is 8.04. The molecule has 0 saturated carbocycles. The first kappa shape index (κ1) is 15.9. The van der Waals surface area contributed by atoms with Crippen LogP contribution in [0, 0.1) is 17.3 Å². The van der Waals surface area contributed by atoms with Crippen molar-refractivity contribution < 1.29 is 9.47 Å². The van der Waals surface area contributed by atoms with Gasteiger partial charge < -0.3 is 9.47 Å². The highest BCUT2D eigenvalue weighted by Gasteiger charge is 2.40. The van der Waals surface area contributed by atoms with Gasteiger partial charge in [-0.05, 0) is 11.8 Å². The van der Waals surface area contributed by atoms with Crippen LogP contribution < -0.4 is 0 Å². The van der Waals surface area contributed by atoms with Crippen LogP contribution in [0.4, 0.5) is 0 Å². The molecule has 0 fully saturated rings. The molecule has 16 heavy (non-hydrogen) atoms. The van der Waals surface area contributed by atoms with Crippen molar-refractivity contribution >= 4 is 0 Å². The summed E-state index contributed by atoms with van der Waals surface area (Å²) in [6.45, 7) is 10.8. The molecule has 0 radical (unpaired) electrons. The van der Waals surface area contributed by atoms with E-state index in [9.17, 15) is 0 Å². The molecule has 2 heteroatoms. The van der Waals surface area contributed by atoms with Crippen molar-refractivity contribution in [2.45, 2.75) is 47.0 Å². The fourth-order valence-electron chi connectivity index (χ4n) is 2.76. The van der Waals surface area contributed by atoms with Gasteiger partial charge in [-0.15, -0.1) is 0 Å². The van der Waals surface area contributed by atoms with Gasteiger partial charge in [-0.1, -0.05) is 47.0 Å². The Balaban J connectivity index is 4.89. The van der Waals surface area contributed by atoms with E-state index in [1.807, 2.05) is 0 Å². The fraction of sp³-hybridized carbons (Fsp3) is 1.00. The average Bonchev–Trinajstić information content (AvgIpc) is 2.27. The maximum absolute atomic E-state index is 5.47. The molecule has 98 valence electrons. The summed E-state index contributed by atoms with van der Waals surface area (Å²) in [5.74, 6) is 1.28. The van der Waals surface area contributed by atoms with Crippen molar-refractivity contribution in [1.29, 1.82) is 0 Å². The van der Waals surface area contributed by atoms with Gasteiger partial charge >= 0.3 is 0 Å². The molecule has 0 rings (SSSR count). The van der Waals surface area contributed by atoms with Gasteiger partial charge in [0, 0.05) is 19.6 Å². The van der Waals surface area contributed by atoms with Crippen LogP contribution in [0.15, 0.2) is 0 Å². The largest absolute Gasteiger partial charge is 0.384 e. The molecular weight excluding hydrogens is 200 g/mol. The van der Waals surface area contributed by atoms with Crippen molar-refractivity contribution in [2.24, 2.45) is 17.3 Å². The highest BCUT2D eigenvalue weighted by Crippen LogP contribution is 2.40. The minimum atomic E-state index is 0.175.